The average Bonchev–Trinajstić information content (AvgIpc) is 3.75. The molecule has 11 rings (SSSR count). The summed E-state index contributed by atoms with van der Waals surface area (Å²) < 4.78 is 5.28. The second-order valence-electron chi connectivity index (χ2n) is 12.8. The molecule has 2 aromatic heterocycles. The van der Waals surface area contributed by atoms with E-state index in [2.05, 4.69) is 169 Å². The topological polar surface area (TPSA) is 3.24 Å². The molecule has 0 radical (unpaired) electrons. The third-order valence-corrected chi connectivity index (χ3v) is 12.6. The van der Waals surface area contributed by atoms with Crippen LogP contribution in [-0.2, 0) is 0 Å². The first-order chi connectivity index (χ1) is 24.3. The molecule has 3 heteroatoms. The number of rotatable bonds is 3. The van der Waals surface area contributed by atoms with E-state index >= 15 is 0 Å². The molecule has 0 aliphatic heterocycles. The third kappa shape index (κ3) is 3.92. The van der Waals surface area contributed by atoms with Crippen molar-refractivity contribution in [3.8, 4) is 0 Å². The largest absolute Gasteiger partial charge is 0.308 e. The zero-order valence-electron chi connectivity index (χ0n) is 26.4. The Kier molecular flexibility index (Phi) is 5.77. The summed E-state index contributed by atoms with van der Waals surface area (Å²) in [6.07, 6.45) is 0. The van der Waals surface area contributed by atoms with Crippen molar-refractivity contribution in [3.05, 3.63) is 164 Å². The summed E-state index contributed by atoms with van der Waals surface area (Å²) in [4.78, 5) is 2.53. The van der Waals surface area contributed by atoms with Gasteiger partial charge >= 0.3 is 0 Å². The van der Waals surface area contributed by atoms with Gasteiger partial charge in [0, 0.05) is 52.1 Å². The van der Waals surface area contributed by atoms with Crippen LogP contribution in [0.3, 0.4) is 0 Å². The fourth-order valence-electron chi connectivity index (χ4n) is 8.07. The molecule has 228 valence electrons. The van der Waals surface area contributed by atoms with Crippen LogP contribution in [0.5, 0.6) is 0 Å². The Labute approximate surface area is 290 Å². The van der Waals surface area contributed by atoms with Crippen LogP contribution in [0.25, 0.3) is 83.4 Å². The van der Waals surface area contributed by atoms with Crippen LogP contribution in [0.2, 0.25) is 0 Å². The first-order valence-electron chi connectivity index (χ1n) is 16.7. The Bertz CT molecular complexity index is 3130. The Morgan fingerprint density at radius 2 is 0.918 bits per heavy atom. The molecule has 49 heavy (non-hydrogen) atoms. The predicted octanol–water partition coefficient (Wildman–Crippen LogP) is 14.5. The first-order valence-corrected chi connectivity index (χ1v) is 18.3. The van der Waals surface area contributed by atoms with Crippen LogP contribution < -0.4 is 4.90 Å². The molecule has 0 fully saturated rings. The molecule has 0 aliphatic carbocycles. The van der Waals surface area contributed by atoms with Gasteiger partial charge in [-0.2, -0.15) is 0 Å². The maximum atomic E-state index is 2.53. The predicted molar refractivity (Wildman–Crippen MR) is 217 cm³/mol. The molecular weight excluding hydrogens is 631 g/mol. The molecule has 2 heterocycles. The molecule has 9 aromatic carbocycles. The molecule has 0 aliphatic rings. The van der Waals surface area contributed by atoms with E-state index in [0.29, 0.717) is 0 Å². The Balaban J connectivity index is 1.30. The minimum Gasteiger partial charge on any atom is -0.308 e. The second kappa shape index (κ2) is 10.4. The number of anilines is 3. The lowest BCUT2D eigenvalue weighted by Crippen LogP contribution is -2.10. The molecule has 0 amide bonds. The summed E-state index contributed by atoms with van der Waals surface area (Å²) >= 11 is 3.80. The Morgan fingerprint density at radius 1 is 0.327 bits per heavy atom. The third-order valence-electron chi connectivity index (χ3n) is 10.2. The van der Waals surface area contributed by atoms with Gasteiger partial charge in [-0.3, -0.25) is 0 Å². The van der Waals surface area contributed by atoms with Gasteiger partial charge in [0.15, 0.2) is 0 Å². The molecule has 0 bridgehead atoms. The van der Waals surface area contributed by atoms with E-state index in [1.807, 2.05) is 22.7 Å². The SMILES string of the molecule is c1ccc2c(c1)cc(N(c1ccc3sc4ccccc4c3c1)c1cccc3c1sc1c4ccccc4c4ccccc4c31)c1ccccc12. The summed E-state index contributed by atoms with van der Waals surface area (Å²) in [6, 6.07) is 60.6. The Hall–Kier alpha value is -5.74. The number of thiophene rings is 2. The second-order valence-corrected chi connectivity index (χ2v) is 14.9. The van der Waals surface area contributed by atoms with Crippen molar-refractivity contribution >= 4 is 123 Å². The molecule has 1 nitrogen and oxygen atoms in total. The fraction of sp³-hybridized carbons (Fsp3) is 0. The van der Waals surface area contributed by atoms with Crippen molar-refractivity contribution < 1.29 is 0 Å². The zero-order valence-corrected chi connectivity index (χ0v) is 28.0. The van der Waals surface area contributed by atoms with Crippen LogP contribution in [0.4, 0.5) is 17.1 Å². The van der Waals surface area contributed by atoms with Crippen molar-refractivity contribution in [2.45, 2.75) is 0 Å². The molecule has 0 atom stereocenters. The maximum Gasteiger partial charge on any atom is 0.0640 e. The first kappa shape index (κ1) is 27.2. The van der Waals surface area contributed by atoms with Gasteiger partial charge in [-0.15, -0.1) is 22.7 Å². The molecular formula is C46H27NS2. The summed E-state index contributed by atoms with van der Waals surface area (Å²) in [5, 5.41) is 15.5. The van der Waals surface area contributed by atoms with Crippen LogP contribution in [-0.4, -0.2) is 0 Å². The van der Waals surface area contributed by atoms with Gasteiger partial charge in [0.1, 0.15) is 0 Å². The highest BCUT2D eigenvalue weighted by atomic mass is 32.1. The van der Waals surface area contributed by atoms with Crippen molar-refractivity contribution in [1.29, 1.82) is 0 Å². The smallest absolute Gasteiger partial charge is 0.0640 e. The Morgan fingerprint density at radius 3 is 1.73 bits per heavy atom. The van der Waals surface area contributed by atoms with Gasteiger partial charge in [0.2, 0.25) is 0 Å². The fourth-order valence-corrected chi connectivity index (χ4v) is 10.5. The van der Waals surface area contributed by atoms with Gasteiger partial charge in [-0.25, -0.2) is 0 Å². The molecule has 0 unspecified atom stereocenters. The molecule has 0 spiro atoms. The highest BCUT2D eigenvalue weighted by molar-refractivity contribution is 7.27. The van der Waals surface area contributed by atoms with Crippen molar-refractivity contribution in [2.75, 3.05) is 4.90 Å². The number of hydrogen-bond acceptors (Lipinski definition) is 3. The van der Waals surface area contributed by atoms with E-state index in [9.17, 15) is 0 Å². The number of nitrogens with zero attached hydrogens (tertiary/aromatic N) is 1. The number of hydrogen-bond donors (Lipinski definition) is 0. The minimum absolute atomic E-state index is 1.16. The van der Waals surface area contributed by atoms with E-state index in [0.717, 1.165) is 5.69 Å². The quantitative estimate of drug-likeness (QED) is 0.171. The lowest BCUT2D eigenvalue weighted by Gasteiger charge is -2.28. The van der Waals surface area contributed by atoms with Gasteiger partial charge in [0.25, 0.3) is 0 Å². The van der Waals surface area contributed by atoms with Crippen LogP contribution in [0, 0.1) is 0 Å². The summed E-state index contributed by atoms with van der Waals surface area (Å²) in [5.74, 6) is 0. The standard InChI is InChI=1S/C46H27NS2/c1-2-13-30-28(12-1)26-41(34-17-6-3-14-31(30)34)47(29-24-25-43-39(27-29)35-18-9-10-23-42(35)48-43)40-22-11-21-38-44-36-19-7-4-15-32(36)33-16-5-8-20-37(33)46(44)49-45(38)40/h1-27H. The number of benzene rings is 9. The van der Waals surface area contributed by atoms with Gasteiger partial charge in [0.05, 0.1) is 16.1 Å². The monoisotopic (exact) mass is 657 g/mol. The van der Waals surface area contributed by atoms with E-state index in [-0.39, 0.29) is 0 Å². The summed E-state index contributed by atoms with van der Waals surface area (Å²) in [5.41, 5.74) is 3.55. The lowest BCUT2D eigenvalue weighted by molar-refractivity contribution is 1.33. The average molecular weight is 658 g/mol. The molecule has 0 saturated heterocycles. The highest BCUT2D eigenvalue weighted by Crippen LogP contribution is 2.51. The maximum absolute atomic E-state index is 2.53. The van der Waals surface area contributed by atoms with Crippen molar-refractivity contribution in [2.24, 2.45) is 0 Å². The van der Waals surface area contributed by atoms with Gasteiger partial charge in [-0.05, 0) is 68.7 Å². The van der Waals surface area contributed by atoms with E-state index < -0.39 is 0 Å². The van der Waals surface area contributed by atoms with E-state index in [1.165, 1.54) is 94.8 Å². The zero-order chi connectivity index (χ0) is 32.1. The molecule has 0 saturated carbocycles. The van der Waals surface area contributed by atoms with Crippen molar-refractivity contribution in [3.63, 3.8) is 0 Å². The minimum atomic E-state index is 1.16. The molecule has 0 N–H and O–H groups in total. The van der Waals surface area contributed by atoms with Crippen LogP contribution >= 0.6 is 22.7 Å². The summed E-state index contributed by atoms with van der Waals surface area (Å²) in [6.45, 7) is 0. The van der Waals surface area contributed by atoms with Crippen LogP contribution in [0.1, 0.15) is 0 Å². The van der Waals surface area contributed by atoms with E-state index in [4.69, 9.17) is 0 Å². The van der Waals surface area contributed by atoms with Crippen molar-refractivity contribution in [1.82, 2.24) is 0 Å². The van der Waals surface area contributed by atoms with E-state index in [1.54, 1.807) is 0 Å². The van der Waals surface area contributed by atoms with Gasteiger partial charge in [-0.1, -0.05) is 127 Å². The normalized spacial score (nSPS) is 12.1. The summed E-state index contributed by atoms with van der Waals surface area (Å²) in [7, 11) is 0. The molecule has 11 aromatic rings. The number of fused-ring (bicyclic) bond motifs is 14. The van der Waals surface area contributed by atoms with Gasteiger partial charge < -0.3 is 4.90 Å². The van der Waals surface area contributed by atoms with Crippen LogP contribution in [0.15, 0.2) is 164 Å². The highest BCUT2D eigenvalue weighted by Gasteiger charge is 2.23. The lowest BCUT2D eigenvalue weighted by atomic mass is 9.96.